The lowest BCUT2D eigenvalue weighted by atomic mass is 9.92. The second-order valence-electron chi connectivity index (χ2n) is 9.16. The minimum Gasteiger partial charge on any atom is -0.503 e. The summed E-state index contributed by atoms with van der Waals surface area (Å²) in [6, 6.07) is 17.1. The van der Waals surface area contributed by atoms with E-state index >= 15 is 0 Å². The average molecular weight is 576 g/mol. The summed E-state index contributed by atoms with van der Waals surface area (Å²) in [5.74, 6) is -2.19. The van der Waals surface area contributed by atoms with Gasteiger partial charge in [0.25, 0.3) is 11.6 Å². The van der Waals surface area contributed by atoms with Gasteiger partial charge in [0.15, 0.2) is 16.7 Å². The van der Waals surface area contributed by atoms with Gasteiger partial charge in [-0.3, -0.25) is 24.6 Å². The van der Waals surface area contributed by atoms with Gasteiger partial charge in [-0.05, 0) is 31.5 Å². The van der Waals surface area contributed by atoms with Crippen LogP contribution >= 0.6 is 11.3 Å². The van der Waals surface area contributed by atoms with Crippen molar-refractivity contribution >= 4 is 43.7 Å². The molecule has 0 saturated heterocycles. The normalized spacial score (nSPS) is 15.5. The maximum Gasteiger partial charge on any atom is 0.296 e. The zero-order valence-corrected chi connectivity index (χ0v) is 22.8. The number of non-ortho nitro benzene ring substituents is 1. The zero-order valence-electron chi connectivity index (χ0n) is 21.1. The Morgan fingerprint density at radius 3 is 2.12 bits per heavy atom. The van der Waals surface area contributed by atoms with Crippen LogP contribution in [0.5, 0.6) is 0 Å². The number of amides is 1. The van der Waals surface area contributed by atoms with Crippen molar-refractivity contribution in [3.05, 3.63) is 123 Å². The fourth-order valence-corrected chi connectivity index (χ4v) is 6.86. The molecule has 202 valence electrons. The molecule has 0 saturated carbocycles. The molecule has 1 N–H and O–H groups in total. The number of nitrogens with zero attached hydrogens (tertiary/aromatic N) is 3. The van der Waals surface area contributed by atoms with Crippen molar-refractivity contribution in [1.29, 1.82) is 0 Å². The van der Waals surface area contributed by atoms with Gasteiger partial charge in [-0.2, -0.15) is 0 Å². The second kappa shape index (κ2) is 10.1. The molecule has 10 nitrogen and oxygen atoms in total. The van der Waals surface area contributed by atoms with Gasteiger partial charge in [0, 0.05) is 17.7 Å². The van der Waals surface area contributed by atoms with Crippen molar-refractivity contribution in [2.75, 3.05) is 4.90 Å². The number of nitro benzene ring substituents is 1. The Labute approximate surface area is 232 Å². The molecular weight excluding hydrogens is 554 g/mol. The van der Waals surface area contributed by atoms with Gasteiger partial charge in [-0.15, -0.1) is 0 Å². The molecule has 1 aliphatic heterocycles. The fourth-order valence-electron chi connectivity index (χ4n) is 4.31. The molecule has 1 aliphatic rings. The van der Waals surface area contributed by atoms with Crippen molar-refractivity contribution in [3.8, 4) is 0 Å². The third-order valence-corrected chi connectivity index (χ3v) is 9.69. The van der Waals surface area contributed by atoms with Crippen LogP contribution in [0, 0.1) is 24.0 Å². The number of sulfone groups is 1. The minimum absolute atomic E-state index is 0.0469. The third-order valence-electron chi connectivity index (χ3n) is 6.46. The van der Waals surface area contributed by atoms with Gasteiger partial charge in [-0.1, -0.05) is 71.0 Å². The van der Waals surface area contributed by atoms with E-state index in [0.29, 0.717) is 16.9 Å². The van der Waals surface area contributed by atoms with Crippen molar-refractivity contribution in [3.63, 3.8) is 0 Å². The maximum atomic E-state index is 13.6. The lowest BCUT2D eigenvalue weighted by Gasteiger charge is -2.24. The van der Waals surface area contributed by atoms with E-state index in [1.165, 1.54) is 0 Å². The second-order valence-corrected chi connectivity index (χ2v) is 12.3. The predicted molar refractivity (Wildman–Crippen MR) is 147 cm³/mol. The predicted octanol–water partition coefficient (Wildman–Crippen LogP) is 5.28. The summed E-state index contributed by atoms with van der Waals surface area (Å²) in [6.07, 6.45) is 1.08. The molecule has 1 unspecified atom stereocenters. The first-order valence-corrected chi connectivity index (χ1v) is 14.2. The molecule has 1 atom stereocenters. The van der Waals surface area contributed by atoms with Gasteiger partial charge in [0.2, 0.25) is 9.84 Å². The van der Waals surface area contributed by atoms with E-state index in [1.807, 2.05) is 13.8 Å². The maximum absolute atomic E-state index is 13.6. The molecule has 1 amide bonds. The number of carbonyl (C=O) groups excluding carboxylic acids is 2. The summed E-state index contributed by atoms with van der Waals surface area (Å²) >= 11 is 0.684. The Morgan fingerprint density at radius 2 is 1.55 bits per heavy atom. The van der Waals surface area contributed by atoms with Crippen molar-refractivity contribution in [2.45, 2.75) is 29.0 Å². The molecule has 0 bridgehead atoms. The zero-order chi connectivity index (χ0) is 28.8. The van der Waals surface area contributed by atoms with Crippen LogP contribution in [0.3, 0.4) is 0 Å². The Morgan fingerprint density at radius 1 is 0.975 bits per heavy atom. The molecular formula is C28H21N3O7S2. The van der Waals surface area contributed by atoms with E-state index in [0.717, 1.165) is 46.5 Å². The number of thiazole rings is 1. The number of benzene rings is 3. The topological polar surface area (TPSA) is 148 Å². The number of hydrogen-bond donors (Lipinski definition) is 1. The Bertz CT molecular complexity index is 1790. The SMILES string of the molecule is Cc1ccc(C(=O)C2=C(O)C(=O)N(c3ncc(S(=O)(=O)c4ccc([N+](=O)[O-])cc4)s3)C2c2ccc(C)cc2)cc1. The highest BCUT2D eigenvalue weighted by atomic mass is 32.2. The van der Waals surface area contributed by atoms with Crippen LogP contribution in [0.25, 0.3) is 0 Å². The number of aliphatic hydroxyl groups is 1. The van der Waals surface area contributed by atoms with E-state index in [1.54, 1.807) is 48.5 Å². The highest BCUT2D eigenvalue weighted by Crippen LogP contribution is 2.44. The number of ketones is 1. The third kappa shape index (κ3) is 4.67. The van der Waals surface area contributed by atoms with E-state index in [9.17, 15) is 33.2 Å². The van der Waals surface area contributed by atoms with Crippen LogP contribution in [0.2, 0.25) is 0 Å². The first-order chi connectivity index (χ1) is 19.0. The standard InChI is InChI=1S/C28H21N3O7S2/c1-16-3-7-18(8-4-16)24-23(25(32)19-9-5-17(2)6-10-19)26(33)27(34)30(24)28-29-15-22(39-28)40(37,38)21-13-11-20(12-14-21)31(35)36/h3-15,24,33H,1-2H3. The smallest absolute Gasteiger partial charge is 0.296 e. The van der Waals surface area contributed by atoms with Crippen LogP contribution in [-0.2, 0) is 14.6 Å². The fraction of sp³-hybridized carbons (Fsp3) is 0.107. The number of Topliss-reactive ketones (excluding diaryl/α,β-unsaturated/α-hetero) is 1. The highest BCUT2D eigenvalue weighted by Gasteiger charge is 2.46. The molecule has 1 aromatic heterocycles. The summed E-state index contributed by atoms with van der Waals surface area (Å²) in [7, 11) is -4.13. The summed E-state index contributed by atoms with van der Waals surface area (Å²) in [4.78, 5) is 42.4. The number of anilines is 1. The summed E-state index contributed by atoms with van der Waals surface area (Å²) in [5.41, 5.74) is 2.25. The number of hydrogen-bond acceptors (Lipinski definition) is 9. The molecule has 3 aromatic carbocycles. The van der Waals surface area contributed by atoms with Gasteiger partial charge >= 0.3 is 0 Å². The number of aliphatic hydroxyl groups excluding tert-OH is 1. The van der Waals surface area contributed by atoms with Crippen molar-refractivity contribution < 1.29 is 28.0 Å². The van der Waals surface area contributed by atoms with Gasteiger partial charge < -0.3 is 5.11 Å². The molecule has 12 heteroatoms. The number of rotatable bonds is 7. The van der Waals surface area contributed by atoms with E-state index in [2.05, 4.69) is 4.98 Å². The minimum atomic E-state index is -4.13. The van der Waals surface area contributed by atoms with Gasteiger partial charge in [-0.25, -0.2) is 13.4 Å². The van der Waals surface area contributed by atoms with Crippen LogP contribution in [0.15, 0.2) is 99.4 Å². The number of aryl methyl sites for hydroxylation is 2. The van der Waals surface area contributed by atoms with E-state index in [4.69, 9.17) is 0 Å². The molecule has 2 heterocycles. The molecule has 5 rings (SSSR count). The van der Waals surface area contributed by atoms with Crippen LogP contribution < -0.4 is 4.90 Å². The molecule has 0 aliphatic carbocycles. The average Bonchev–Trinajstić information content (AvgIpc) is 3.53. The van der Waals surface area contributed by atoms with E-state index < -0.39 is 38.3 Å². The lowest BCUT2D eigenvalue weighted by Crippen LogP contribution is -2.31. The molecule has 0 radical (unpaired) electrons. The van der Waals surface area contributed by atoms with Crippen molar-refractivity contribution in [1.82, 2.24) is 4.98 Å². The van der Waals surface area contributed by atoms with E-state index in [-0.39, 0.29) is 31.1 Å². The highest BCUT2D eigenvalue weighted by molar-refractivity contribution is 7.93. The molecule has 0 fully saturated rings. The van der Waals surface area contributed by atoms with Gasteiger partial charge in [0.05, 0.1) is 27.6 Å². The molecule has 0 spiro atoms. The van der Waals surface area contributed by atoms with Crippen molar-refractivity contribution in [2.24, 2.45) is 0 Å². The quantitative estimate of drug-likeness (QED) is 0.178. The van der Waals surface area contributed by atoms with Gasteiger partial charge in [0.1, 0.15) is 4.21 Å². The monoisotopic (exact) mass is 575 g/mol. The first kappa shape index (κ1) is 26.9. The number of nitro groups is 1. The number of aromatic nitrogens is 1. The first-order valence-electron chi connectivity index (χ1n) is 11.9. The Balaban J connectivity index is 1.58. The Hall–Kier alpha value is -4.68. The largest absolute Gasteiger partial charge is 0.503 e. The summed E-state index contributed by atoms with van der Waals surface area (Å²) < 4.78 is 26.3. The number of carbonyl (C=O) groups is 2. The Kier molecular flexibility index (Phi) is 6.82. The summed E-state index contributed by atoms with van der Waals surface area (Å²) in [6.45, 7) is 3.74. The lowest BCUT2D eigenvalue weighted by molar-refractivity contribution is -0.384. The van der Waals surface area contributed by atoms with Crippen LogP contribution in [0.4, 0.5) is 10.8 Å². The van der Waals surface area contributed by atoms with Crippen LogP contribution in [0.1, 0.15) is 33.1 Å². The van der Waals surface area contributed by atoms with Crippen LogP contribution in [-0.4, -0.2) is 35.1 Å². The molecule has 4 aromatic rings. The summed E-state index contributed by atoms with van der Waals surface area (Å²) in [5, 5.41) is 21.8. The molecule has 40 heavy (non-hydrogen) atoms.